The van der Waals surface area contributed by atoms with E-state index < -0.39 is 0 Å². The molecule has 1 aliphatic rings. The largest absolute Gasteiger partial charge is 0.332 e. The SMILES string of the molecule is Fc1ccc(-c2cnc3nccc([C@@H]4CCCN4c4ncccn4)n23)cc1. The van der Waals surface area contributed by atoms with Gasteiger partial charge in [0.05, 0.1) is 23.6 Å². The van der Waals surface area contributed by atoms with Crippen LogP contribution in [-0.2, 0) is 0 Å². The Bertz CT molecular complexity index is 1080. The van der Waals surface area contributed by atoms with Crippen LogP contribution in [0.5, 0.6) is 0 Å². The van der Waals surface area contributed by atoms with Crippen LogP contribution in [0.1, 0.15) is 24.6 Å². The first-order valence-electron chi connectivity index (χ1n) is 8.93. The van der Waals surface area contributed by atoms with Gasteiger partial charge in [-0.3, -0.25) is 4.40 Å². The lowest BCUT2D eigenvalue weighted by molar-refractivity contribution is 0.628. The molecule has 5 rings (SSSR count). The fourth-order valence-electron chi connectivity index (χ4n) is 3.78. The number of hydrogen-bond acceptors (Lipinski definition) is 5. The number of nitrogens with zero attached hydrogens (tertiary/aromatic N) is 6. The van der Waals surface area contributed by atoms with Crippen molar-refractivity contribution in [2.75, 3.05) is 11.4 Å². The van der Waals surface area contributed by atoms with E-state index in [4.69, 9.17) is 0 Å². The molecule has 0 bridgehead atoms. The number of imidazole rings is 1. The summed E-state index contributed by atoms with van der Waals surface area (Å²) in [6, 6.07) is 10.4. The molecule has 0 saturated carbocycles. The number of anilines is 1. The van der Waals surface area contributed by atoms with Crippen LogP contribution in [0.25, 0.3) is 17.0 Å². The van der Waals surface area contributed by atoms with Crippen LogP contribution in [-0.4, -0.2) is 30.9 Å². The van der Waals surface area contributed by atoms with E-state index in [0.717, 1.165) is 42.3 Å². The summed E-state index contributed by atoms with van der Waals surface area (Å²) in [6.45, 7) is 0.902. The van der Waals surface area contributed by atoms with E-state index in [1.54, 1.807) is 36.9 Å². The molecule has 1 saturated heterocycles. The van der Waals surface area contributed by atoms with Crippen LogP contribution in [0.4, 0.5) is 10.3 Å². The van der Waals surface area contributed by atoms with Gasteiger partial charge in [-0.05, 0) is 49.2 Å². The number of hydrogen-bond donors (Lipinski definition) is 0. The van der Waals surface area contributed by atoms with Gasteiger partial charge in [0.2, 0.25) is 11.7 Å². The van der Waals surface area contributed by atoms with Gasteiger partial charge in [-0.1, -0.05) is 0 Å². The van der Waals surface area contributed by atoms with Crippen LogP contribution in [0.2, 0.25) is 0 Å². The van der Waals surface area contributed by atoms with Crippen LogP contribution in [0.15, 0.2) is 61.2 Å². The van der Waals surface area contributed by atoms with Crippen molar-refractivity contribution in [1.82, 2.24) is 24.3 Å². The Kier molecular flexibility index (Phi) is 3.78. The van der Waals surface area contributed by atoms with Gasteiger partial charge in [-0.25, -0.2) is 24.3 Å². The minimum Gasteiger partial charge on any atom is -0.332 e. The number of benzene rings is 1. The zero-order chi connectivity index (χ0) is 18.2. The minimum atomic E-state index is -0.255. The smallest absolute Gasteiger partial charge is 0.234 e. The Balaban J connectivity index is 1.65. The van der Waals surface area contributed by atoms with Crippen molar-refractivity contribution in [2.24, 2.45) is 0 Å². The van der Waals surface area contributed by atoms with E-state index in [0.29, 0.717) is 5.78 Å². The lowest BCUT2D eigenvalue weighted by atomic mass is 10.1. The molecule has 0 radical (unpaired) electrons. The summed E-state index contributed by atoms with van der Waals surface area (Å²) in [4.78, 5) is 19.9. The average Bonchev–Trinajstić information content (AvgIpc) is 3.36. The van der Waals surface area contributed by atoms with Crippen molar-refractivity contribution in [3.05, 3.63) is 72.7 Å². The van der Waals surface area contributed by atoms with Crippen molar-refractivity contribution < 1.29 is 4.39 Å². The van der Waals surface area contributed by atoms with Crippen LogP contribution in [0.3, 0.4) is 0 Å². The number of rotatable bonds is 3. The lowest BCUT2D eigenvalue weighted by Crippen LogP contribution is -2.26. The van der Waals surface area contributed by atoms with Gasteiger partial charge in [0.15, 0.2) is 0 Å². The zero-order valence-electron chi connectivity index (χ0n) is 14.5. The van der Waals surface area contributed by atoms with E-state index in [9.17, 15) is 4.39 Å². The molecular formula is C20H17FN6. The first-order chi connectivity index (χ1) is 13.3. The molecule has 0 unspecified atom stereocenters. The number of fused-ring (bicyclic) bond motifs is 1. The maximum Gasteiger partial charge on any atom is 0.234 e. The summed E-state index contributed by atoms with van der Waals surface area (Å²) in [7, 11) is 0. The Morgan fingerprint density at radius 3 is 2.56 bits per heavy atom. The van der Waals surface area contributed by atoms with Gasteiger partial charge in [0.1, 0.15) is 5.82 Å². The maximum atomic E-state index is 13.4. The highest BCUT2D eigenvalue weighted by atomic mass is 19.1. The second kappa shape index (κ2) is 6.42. The lowest BCUT2D eigenvalue weighted by Gasteiger charge is -2.25. The van der Waals surface area contributed by atoms with E-state index in [1.165, 1.54) is 12.1 Å². The fraction of sp³-hybridized carbons (Fsp3) is 0.200. The Morgan fingerprint density at radius 1 is 0.926 bits per heavy atom. The van der Waals surface area contributed by atoms with E-state index in [2.05, 4.69) is 29.2 Å². The highest BCUT2D eigenvalue weighted by Gasteiger charge is 2.30. The van der Waals surface area contributed by atoms with Crippen LogP contribution < -0.4 is 4.90 Å². The number of halogens is 1. The minimum absolute atomic E-state index is 0.131. The highest BCUT2D eigenvalue weighted by Crippen LogP contribution is 2.35. The molecular weight excluding hydrogens is 343 g/mol. The van der Waals surface area contributed by atoms with Crippen LogP contribution in [0, 0.1) is 5.82 Å². The van der Waals surface area contributed by atoms with Crippen molar-refractivity contribution in [3.63, 3.8) is 0 Å². The first kappa shape index (κ1) is 15.9. The third-order valence-corrected chi connectivity index (χ3v) is 4.98. The Hall–Kier alpha value is -3.35. The second-order valence-electron chi connectivity index (χ2n) is 6.56. The highest BCUT2D eigenvalue weighted by molar-refractivity contribution is 5.63. The van der Waals surface area contributed by atoms with E-state index >= 15 is 0 Å². The third-order valence-electron chi connectivity index (χ3n) is 4.98. The summed E-state index contributed by atoms with van der Waals surface area (Å²) in [5.74, 6) is 1.11. The molecule has 0 aliphatic carbocycles. The Morgan fingerprint density at radius 2 is 1.74 bits per heavy atom. The van der Waals surface area contributed by atoms with Crippen molar-refractivity contribution >= 4 is 11.7 Å². The molecule has 0 N–H and O–H groups in total. The fourth-order valence-corrected chi connectivity index (χ4v) is 3.78. The second-order valence-corrected chi connectivity index (χ2v) is 6.56. The molecule has 7 heteroatoms. The molecule has 1 aromatic carbocycles. The van der Waals surface area contributed by atoms with Gasteiger partial charge in [0, 0.05) is 30.7 Å². The topological polar surface area (TPSA) is 59.2 Å². The summed E-state index contributed by atoms with van der Waals surface area (Å²) < 4.78 is 15.4. The standard InChI is InChI=1S/C20H17FN6/c21-15-6-4-14(5-7-15)18-13-25-20-24-11-8-17(27(18)20)16-3-1-12-26(16)19-22-9-2-10-23-19/h2,4-11,13,16H,1,3,12H2/t16-/m0/s1. The molecule has 4 heterocycles. The third kappa shape index (κ3) is 2.71. The molecule has 0 spiro atoms. The average molecular weight is 360 g/mol. The van der Waals surface area contributed by atoms with Gasteiger partial charge in [-0.15, -0.1) is 0 Å². The van der Waals surface area contributed by atoms with Gasteiger partial charge < -0.3 is 4.90 Å². The normalized spacial score (nSPS) is 16.9. The predicted octanol–water partition coefficient (Wildman–Crippen LogP) is 3.67. The summed E-state index contributed by atoms with van der Waals surface area (Å²) >= 11 is 0. The van der Waals surface area contributed by atoms with Crippen molar-refractivity contribution in [3.8, 4) is 11.3 Å². The molecule has 1 fully saturated rings. The molecule has 6 nitrogen and oxygen atoms in total. The molecule has 0 amide bonds. The molecule has 134 valence electrons. The molecule has 1 aliphatic heterocycles. The molecule has 27 heavy (non-hydrogen) atoms. The Labute approximate surface area is 155 Å². The quantitative estimate of drug-likeness (QED) is 0.558. The van der Waals surface area contributed by atoms with Crippen molar-refractivity contribution in [2.45, 2.75) is 18.9 Å². The molecule has 4 aromatic rings. The summed E-state index contributed by atoms with van der Waals surface area (Å²) in [5.41, 5.74) is 2.88. The van der Waals surface area contributed by atoms with Crippen LogP contribution >= 0.6 is 0 Å². The first-order valence-corrected chi connectivity index (χ1v) is 8.93. The van der Waals surface area contributed by atoms with E-state index in [-0.39, 0.29) is 11.9 Å². The van der Waals surface area contributed by atoms with Gasteiger partial charge >= 0.3 is 0 Å². The predicted molar refractivity (Wildman–Crippen MR) is 99.7 cm³/mol. The summed E-state index contributed by atoms with van der Waals surface area (Å²) in [5, 5.41) is 0. The maximum absolute atomic E-state index is 13.4. The molecule has 1 atom stereocenters. The van der Waals surface area contributed by atoms with Gasteiger partial charge in [0.25, 0.3) is 0 Å². The zero-order valence-corrected chi connectivity index (χ0v) is 14.5. The van der Waals surface area contributed by atoms with Crippen molar-refractivity contribution in [1.29, 1.82) is 0 Å². The van der Waals surface area contributed by atoms with Gasteiger partial charge in [-0.2, -0.15) is 0 Å². The van der Waals surface area contributed by atoms with E-state index in [1.807, 2.05) is 12.1 Å². The molecule has 3 aromatic heterocycles. The summed E-state index contributed by atoms with van der Waals surface area (Å²) in [6.07, 6.45) is 9.17. The monoisotopic (exact) mass is 360 g/mol. The number of aromatic nitrogens is 5.